The summed E-state index contributed by atoms with van der Waals surface area (Å²) in [5.74, 6) is 0.166. The van der Waals surface area contributed by atoms with Crippen LogP contribution in [0, 0.1) is 0 Å². The molecule has 1 aromatic carbocycles. The Hall–Kier alpha value is -1.61. The van der Waals surface area contributed by atoms with E-state index in [1.807, 2.05) is 36.0 Å². The minimum Gasteiger partial charge on any atom is -0.392 e. The molecule has 18 heavy (non-hydrogen) atoms. The van der Waals surface area contributed by atoms with E-state index in [0.29, 0.717) is 0 Å². The third kappa shape index (κ3) is 2.99. The van der Waals surface area contributed by atoms with Gasteiger partial charge in [0.1, 0.15) is 0 Å². The number of hydrogen-bond acceptors (Lipinski definition) is 2. The molecule has 1 aromatic heterocycles. The maximum Gasteiger partial charge on any atom is 0.0609 e. The summed E-state index contributed by atoms with van der Waals surface area (Å²) < 4.78 is 1.86. The zero-order valence-electron chi connectivity index (χ0n) is 11.0. The van der Waals surface area contributed by atoms with Gasteiger partial charge in [-0.2, -0.15) is 5.10 Å². The molecule has 96 valence electrons. The van der Waals surface area contributed by atoms with Gasteiger partial charge in [0, 0.05) is 24.9 Å². The molecule has 0 bridgehead atoms. The molecule has 0 radical (unpaired) electrons. The summed E-state index contributed by atoms with van der Waals surface area (Å²) in [5, 5.41) is 14.4. The summed E-state index contributed by atoms with van der Waals surface area (Å²) in [6, 6.07) is 12.2. The molecule has 0 amide bonds. The van der Waals surface area contributed by atoms with E-state index in [-0.39, 0.29) is 12.0 Å². The molecule has 2 aromatic rings. The van der Waals surface area contributed by atoms with E-state index >= 15 is 0 Å². The highest BCUT2D eigenvalue weighted by Crippen LogP contribution is 2.21. The molecule has 3 nitrogen and oxygen atoms in total. The van der Waals surface area contributed by atoms with Gasteiger partial charge in [0.2, 0.25) is 0 Å². The molecule has 2 unspecified atom stereocenters. The Morgan fingerprint density at radius 2 is 1.94 bits per heavy atom. The fourth-order valence-electron chi connectivity index (χ4n) is 2.17. The van der Waals surface area contributed by atoms with Crippen molar-refractivity contribution in [3.63, 3.8) is 0 Å². The van der Waals surface area contributed by atoms with E-state index in [2.05, 4.69) is 24.2 Å². The molecule has 0 fully saturated rings. The Morgan fingerprint density at radius 3 is 2.56 bits per heavy atom. The van der Waals surface area contributed by atoms with E-state index in [1.165, 1.54) is 5.56 Å². The Morgan fingerprint density at radius 1 is 1.22 bits per heavy atom. The number of hydrogen-bond donors (Lipinski definition) is 1. The zero-order valence-corrected chi connectivity index (χ0v) is 11.0. The van der Waals surface area contributed by atoms with Crippen molar-refractivity contribution in [1.29, 1.82) is 0 Å². The number of benzene rings is 1. The third-order valence-corrected chi connectivity index (χ3v) is 3.52. The lowest BCUT2D eigenvalue weighted by Crippen LogP contribution is -2.17. The van der Waals surface area contributed by atoms with Gasteiger partial charge in [-0.25, -0.2) is 0 Å². The number of aliphatic hydroxyl groups is 1. The van der Waals surface area contributed by atoms with Crippen LogP contribution in [0.5, 0.6) is 0 Å². The lowest BCUT2D eigenvalue weighted by Gasteiger charge is -2.19. The van der Waals surface area contributed by atoms with Crippen molar-refractivity contribution in [1.82, 2.24) is 9.78 Å². The molecule has 3 heteroatoms. The van der Waals surface area contributed by atoms with Crippen molar-refractivity contribution in [3.05, 3.63) is 53.9 Å². The molecule has 1 N–H and O–H groups in total. The molecule has 2 rings (SSSR count). The van der Waals surface area contributed by atoms with Crippen molar-refractivity contribution in [3.8, 4) is 0 Å². The third-order valence-electron chi connectivity index (χ3n) is 3.52. The number of aryl methyl sites for hydroxylation is 2. The Bertz CT molecular complexity index is 478. The SMILES string of the molecule is CC(c1ccccc1)C(O)CCc1ccnn1C. The standard InChI is InChI=1S/C15H20N2O/c1-12(13-6-4-3-5-7-13)15(18)9-8-14-10-11-16-17(14)2/h3-7,10-12,15,18H,8-9H2,1-2H3. The van der Waals surface area contributed by atoms with Crippen LogP contribution in [-0.2, 0) is 13.5 Å². The molecule has 0 aliphatic rings. The van der Waals surface area contributed by atoms with E-state index in [9.17, 15) is 5.11 Å². The number of nitrogens with zero attached hydrogens (tertiary/aromatic N) is 2. The second-order valence-corrected chi connectivity index (χ2v) is 4.75. The van der Waals surface area contributed by atoms with E-state index in [4.69, 9.17) is 0 Å². The first-order valence-electron chi connectivity index (χ1n) is 6.38. The fourth-order valence-corrected chi connectivity index (χ4v) is 2.17. The predicted molar refractivity (Wildman–Crippen MR) is 72.4 cm³/mol. The molecule has 0 aliphatic heterocycles. The van der Waals surface area contributed by atoms with Crippen molar-refractivity contribution in [2.45, 2.75) is 31.8 Å². The smallest absolute Gasteiger partial charge is 0.0609 e. The Kier molecular flexibility index (Phi) is 4.15. The number of aliphatic hydroxyl groups excluding tert-OH is 1. The number of aromatic nitrogens is 2. The lowest BCUT2D eigenvalue weighted by molar-refractivity contribution is 0.139. The maximum absolute atomic E-state index is 10.2. The highest BCUT2D eigenvalue weighted by Gasteiger charge is 2.16. The molecule has 1 heterocycles. The minimum absolute atomic E-state index is 0.166. The summed E-state index contributed by atoms with van der Waals surface area (Å²) in [6.07, 6.45) is 3.09. The first-order chi connectivity index (χ1) is 8.68. The summed E-state index contributed by atoms with van der Waals surface area (Å²) in [7, 11) is 1.93. The van der Waals surface area contributed by atoms with Crippen LogP contribution in [0.15, 0.2) is 42.6 Å². The summed E-state index contributed by atoms with van der Waals surface area (Å²) >= 11 is 0. The monoisotopic (exact) mass is 244 g/mol. The van der Waals surface area contributed by atoms with Crippen LogP contribution in [0.25, 0.3) is 0 Å². The molecule has 0 saturated heterocycles. The molecular formula is C15H20N2O. The van der Waals surface area contributed by atoms with Gasteiger partial charge < -0.3 is 5.11 Å². The van der Waals surface area contributed by atoms with Gasteiger partial charge in [0.25, 0.3) is 0 Å². The Labute approximate surface area is 108 Å². The quantitative estimate of drug-likeness (QED) is 0.877. The molecular weight excluding hydrogens is 224 g/mol. The fraction of sp³-hybridized carbons (Fsp3) is 0.400. The van der Waals surface area contributed by atoms with Gasteiger partial charge in [-0.1, -0.05) is 37.3 Å². The van der Waals surface area contributed by atoms with Gasteiger partial charge in [0.05, 0.1) is 6.10 Å². The van der Waals surface area contributed by atoms with Gasteiger partial charge in [-0.15, -0.1) is 0 Å². The second-order valence-electron chi connectivity index (χ2n) is 4.75. The topological polar surface area (TPSA) is 38.1 Å². The average molecular weight is 244 g/mol. The van der Waals surface area contributed by atoms with Crippen LogP contribution >= 0.6 is 0 Å². The average Bonchev–Trinajstić information content (AvgIpc) is 2.81. The largest absolute Gasteiger partial charge is 0.392 e. The summed E-state index contributed by atoms with van der Waals surface area (Å²) in [4.78, 5) is 0. The second kappa shape index (κ2) is 5.83. The minimum atomic E-state index is -0.317. The number of rotatable bonds is 5. The van der Waals surface area contributed by atoms with Crippen molar-refractivity contribution >= 4 is 0 Å². The van der Waals surface area contributed by atoms with Crippen LogP contribution in [0.2, 0.25) is 0 Å². The normalized spacial score (nSPS) is 14.4. The highest BCUT2D eigenvalue weighted by molar-refractivity contribution is 5.20. The first-order valence-corrected chi connectivity index (χ1v) is 6.38. The predicted octanol–water partition coefficient (Wildman–Crippen LogP) is 2.52. The van der Waals surface area contributed by atoms with E-state index < -0.39 is 0 Å². The van der Waals surface area contributed by atoms with Crippen LogP contribution < -0.4 is 0 Å². The van der Waals surface area contributed by atoms with Crippen LogP contribution in [0.1, 0.15) is 30.5 Å². The molecule has 0 spiro atoms. The van der Waals surface area contributed by atoms with Crippen molar-refractivity contribution < 1.29 is 5.11 Å². The van der Waals surface area contributed by atoms with Crippen molar-refractivity contribution in [2.75, 3.05) is 0 Å². The van der Waals surface area contributed by atoms with Crippen LogP contribution in [0.4, 0.5) is 0 Å². The van der Waals surface area contributed by atoms with E-state index in [0.717, 1.165) is 18.5 Å². The van der Waals surface area contributed by atoms with Gasteiger partial charge >= 0.3 is 0 Å². The first kappa shape index (κ1) is 12.8. The van der Waals surface area contributed by atoms with Crippen molar-refractivity contribution in [2.24, 2.45) is 7.05 Å². The van der Waals surface area contributed by atoms with Crippen LogP contribution in [0.3, 0.4) is 0 Å². The molecule has 0 aliphatic carbocycles. The lowest BCUT2D eigenvalue weighted by atomic mass is 9.92. The van der Waals surface area contributed by atoms with Gasteiger partial charge in [0.15, 0.2) is 0 Å². The maximum atomic E-state index is 10.2. The molecule has 2 atom stereocenters. The zero-order chi connectivity index (χ0) is 13.0. The Balaban J connectivity index is 1.92. The highest BCUT2D eigenvalue weighted by atomic mass is 16.3. The van der Waals surface area contributed by atoms with Gasteiger partial charge in [-0.3, -0.25) is 4.68 Å². The van der Waals surface area contributed by atoms with Gasteiger partial charge in [-0.05, 0) is 24.5 Å². The molecule has 0 saturated carbocycles. The van der Waals surface area contributed by atoms with Crippen LogP contribution in [-0.4, -0.2) is 21.0 Å². The van der Waals surface area contributed by atoms with E-state index in [1.54, 1.807) is 6.20 Å². The summed E-state index contributed by atoms with van der Waals surface area (Å²) in [6.45, 7) is 2.07. The summed E-state index contributed by atoms with van der Waals surface area (Å²) in [5.41, 5.74) is 2.35.